The molecule has 0 spiro atoms. The summed E-state index contributed by atoms with van der Waals surface area (Å²) >= 11 is 5.27. The summed E-state index contributed by atoms with van der Waals surface area (Å²) < 4.78 is 0.310. The second-order valence-electron chi connectivity index (χ2n) is 4.97. The minimum atomic E-state index is 0.188. The van der Waals surface area contributed by atoms with Gasteiger partial charge in [-0.25, -0.2) is 0 Å². The number of aromatic amines is 1. The molecular weight excluding hydrogens is 306 g/mol. The molecule has 0 atom stereocenters. The van der Waals surface area contributed by atoms with Crippen LogP contribution in [0.15, 0.2) is 36.4 Å². The van der Waals surface area contributed by atoms with Crippen molar-refractivity contribution in [2.24, 2.45) is 0 Å². The molecule has 0 saturated carbocycles. The molecule has 1 aromatic heterocycles. The first kappa shape index (κ1) is 14.6. The van der Waals surface area contributed by atoms with E-state index >= 15 is 0 Å². The second kappa shape index (κ2) is 5.45. The molecule has 0 saturated heterocycles. The first-order valence-corrected chi connectivity index (χ1v) is 7.12. The van der Waals surface area contributed by atoms with Crippen LogP contribution in [-0.4, -0.2) is 4.98 Å². The van der Waals surface area contributed by atoms with E-state index in [1.54, 1.807) is 6.07 Å². The fraction of sp³-hybridized carbons (Fsp3) is 0. The van der Waals surface area contributed by atoms with E-state index in [9.17, 15) is 10.5 Å². The number of benzene rings is 2. The number of fused-ring (bicyclic) bond motifs is 1. The number of nitrogen functional groups attached to an aromatic ring is 2. The van der Waals surface area contributed by atoms with Crippen molar-refractivity contribution in [3.63, 3.8) is 0 Å². The lowest BCUT2D eigenvalue weighted by Gasteiger charge is -2.13. The number of hydrogen-bond acceptors (Lipinski definition) is 5. The molecule has 0 amide bonds. The van der Waals surface area contributed by atoms with Gasteiger partial charge in [-0.15, -0.1) is 0 Å². The molecule has 0 aliphatic carbocycles. The number of nitrogens with zero attached hydrogens (tertiary/aromatic N) is 2. The molecule has 0 aliphatic heterocycles. The van der Waals surface area contributed by atoms with Gasteiger partial charge in [-0.2, -0.15) is 10.5 Å². The van der Waals surface area contributed by atoms with Crippen molar-refractivity contribution >= 4 is 34.5 Å². The number of rotatable bonds is 1. The predicted octanol–water partition coefficient (Wildman–Crippen LogP) is 3.47. The van der Waals surface area contributed by atoms with Crippen LogP contribution >= 0.6 is 12.2 Å². The van der Waals surface area contributed by atoms with Crippen molar-refractivity contribution in [2.75, 3.05) is 11.5 Å². The monoisotopic (exact) mass is 317 g/mol. The normalized spacial score (nSPS) is 10.2. The molecule has 2 aromatic carbocycles. The molecule has 23 heavy (non-hydrogen) atoms. The zero-order valence-corrected chi connectivity index (χ0v) is 12.7. The van der Waals surface area contributed by atoms with Gasteiger partial charge in [0.05, 0.1) is 11.3 Å². The summed E-state index contributed by atoms with van der Waals surface area (Å²) in [6, 6.07) is 15.3. The molecule has 5 N–H and O–H groups in total. The van der Waals surface area contributed by atoms with Crippen LogP contribution in [0.25, 0.3) is 21.9 Å². The summed E-state index contributed by atoms with van der Waals surface area (Å²) in [6.07, 6.45) is 0. The summed E-state index contributed by atoms with van der Waals surface area (Å²) in [5.41, 5.74) is 14.4. The molecule has 3 rings (SSSR count). The fourth-order valence-electron chi connectivity index (χ4n) is 2.62. The SMILES string of the molecule is N#Cc1c(-c2ccccc2)cc2c(C#N)c(N)[nH]c(=S)c2c1N. The lowest BCUT2D eigenvalue weighted by Crippen LogP contribution is -2.02. The third-order valence-electron chi connectivity index (χ3n) is 3.69. The van der Waals surface area contributed by atoms with E-state index < -0.39 is 0 Å². The van der Waals surface area contributed by atoms with Crippen molar-refractivity contribution in [3.05, 3.63) is 52.2 Å². The minimum Gasteiger partial charge on any atom is -0.397 e. The zero-order chi connectivity index (χ0) is 16.6. The second-order valence-corrected chi connectivity index (χ2v) is 5.38. The van der Waals surface area contributed by atoms with Crippen LogP contribution in [0.3, 0.4) is 0 Å². The number of H-pyrrole nitrogens is 1. The van der Waals surface area contributed by atoms with Crippen LogP contribution in [0, 0.1) is 27.3 Å². The van der Waals surface area contributed by atoms with Gasteiger partial charge in [0.1, 0.15) is 28.2 Å². The van der Waals surface area contributed by atoms with Crippen molar-refractivity contribution in [2.45, 2.75) is 0 Å². The summed E-state index contributed by atoms with van der Waals surface area (Å²) in [6.45, 7) is 0. The van der Waals surface area contributed by atoms with Gasteiger partial charge in [-0.3, -0.25) is 0 Å². The van der Waals surface area contributed by atoms with Crippen LogP contribution in [0.4, 0.5) is 11.5 Å². The van der Waals surface area contributed by atoms with Gasteiger partial charge in [-0.1, -0.05) is 42.5 Å². The summed E-state index contributed by atoms with van der Waals surface area (Å²) in [5.74, 6) is 0.188. The Labute approximate surface area is 137 Å². The maximum absolute atomic E-state index is 9.53. The molecule has 110 valence electrons. The van der Waals surface area contributed by atoms with E-state index in [2.05, 4.69) is 17.1 Å². The molecule has 3 aromatic rings. The van der Waals surface area contributed by atoms with Crippen LogP contribution in [0.5, 0.6) is 0 Å². The number of anilines is 2. The Morgan fingerprint density at radius 2 is 1.65 bits per heavy atom. The first-order chi connectivity index (χ1) is 11.1. The highest BCUT2D eigenvalue weighted by molar-refractivity contribution is 7.71. The van der Waals surface area contributed by atoms with Gasteiger partial charge < -0.3 is 16.5 Å². The number of pyridine rings is 1. The van der Waals surface area contributed by atoms with Crippen molar-refractivity contribution < 1.29 is 0 Å². The zero-order valence-electron chi connectivity index (χ0n) is 11.9. The van der Waals surface area contributed by atoms with Gasteiger partial charge in [0.15, 0.2) is 0 Å². The van der Waals surface area contributed by atoms with Crippen molar-refractivity contribution in [3.8, 4) is 23.3 Å². The van der Waals surface area contributed by atoms with Crippen molar-refractivity contribution in [1.29, 1.82) is 10.5 Å². The van der Waals surface area contributed by atoms with Crippen molar-refractivity contribution in [1.82, 2.24) is 4.98 Å². The highest BCUT2D eigenvalue weighted by atomic mass is 32.1. The first-order valence-electron chi connectivity index (χ1n) is 6.72. The van der Waals surface area contributed by atoms with Crippen LogP contribution in [0.1, 0.15) is 11.1 Å². The highest BCUT2D eigenvalue weighted by Gasteiger charge is 2.17. The summed E-state index contributed by atoms with van der Waals surface area (Å²) in [5, 5.41) is 19.9. The van der Waals surface area contributed by atoms with Crippen LogP contribution in [0.2, 0.25) is 0 Å². The van der Waals surface area contributed by atoms with E-state index in [1.165, 1.54) is 0 Å². The van der Waals surface area contributed by atoms with Gasteiger partial charge in [0, 0.05) is 16.3 Å². The third-order valence-corrected chi connectivity index (χ3v) is 3.99. The van der Waals surface area contributed by atoms with Gasteiger partial charge in [0.25, 0.3) is 0 Å². The molecular formula is C17H11N5S. The average molecular weight is 317 g/mol. The Morgan fingerprint density at radius 1 is 1.00 bits per heavy atom. The Hall–Kier alpha value is -3.35. The standard InChI is InChI=1S/C17H11N5S/c18-7-12-10(9-4-2-1-3-5-9)6-11-13(8-19)16(21)22-17(23)14(11)15(12)20/h1-6H,20H2,(H3,21,22,23). The highest BCUT2D eigenvalue weighted by Crippen LogP contribution is 2.36. The summed E-state index contributed by atoms with van der Waals surface area (Å²) in [4.78, 5) is 2.76. The molecule has 1 heterocycles. The van der Waals surface area contributed by atoms with E-state index in [4.69, 9.17) is 23.7 Å². The van der Waals surface area contributed by atoms with E-state index in [1.807, 2.05) is 30.3 Å². The largest absolute Gasteiger partial charge is 0.397 e. The average Bonchev–Trinajstić information content (AvgIpc) is 2.55. The number of hydrogen-bond donors (Lipinski definition) is 3. The number of nitriles is 2. The maximum atomic E-state index is 9.53. The molecule has 0 fully saturated rings. The van der Waals surface area contributed by atoms with E-state index in [-0.39, 0.29) is 17.1 Å². The van der Waals surface area contributed by atoms with Crippen LogP contribution in [-0.2, 0) is 0 Å². The van der Waals surface area contributed by atoms with Crippen LogP contribution < -0.4 is 11.5 Å². The Bertz CT molecular complexity index is 1070. The van der Waals surface area contributed by atoms with E-state index in [0.717, 1.165) is 5.56 Å². The smallest absolute Gasteiger partial charge is 0.120 e. The number of nitrogens with two attached hydrogens (primary N) is 2. The van der Waals surface area contributed by atoms with Gasteiger partial charge in [0.2, 0.25) is 0 Å². The molecule has 5 nitrogen and oxygen atoms in total. The molecule has 0 radical (unpaired) electrons. The summed E-state index contributed by atoms with van der Waals surface area (Å²) in [7, 11) is 0. The Kier molecular flexibility index (Phi) is 3.46. The molecule has 6 heteroatoms. The Morgan fingerprint density at radius 3 is 2.26 bits per heavy atom. The third kappa shape index (κ3) is 2.18. The maximum Gasteiger partial charge on any atom is 0.120 e. The number of nitrogens with one attached hydrogen (secondary N) is 1. The van der Waals surface area contributed by atoms with Gasteiger partial charge >= 0.3 is 0 Å². The Balaban J connectivity index is 2.57. The lowest BCUT2D eigenvalue weighted by molar-refractivity contribution is 1.32. The predicted molar refractivity (Wildman–Crippen MR) is 92.8 cm³/mol. The minimum absolute atomic E-state index is 0.188. The van der Waals surface area contributed by atoms with E-state index in [0.29, 0.717) is 26.5 Å². The fourth-order valence-corrected chi connectivity index (χ4v) is 2.95. The molecule has 0 unspecified atom stereocenters. The molecule has 0 aliphatic rings. The quantitative estimate of drug-likeness (QED) is 0.469. The molecule has 0 bridgehead atoms. The van der Waals surface area contributed by atoms with Gasteiger partial charge in [-0.05, 0) is 11.6 Å². The number of aromatic nitrogens is 1. The topological polar surface area (TPSA) is 115 Å². The lowest BCUT2D eigenvalue weighted by atomic mass is 9.93.